The number of hydrogen-bond donors (Lipinski definition) is 1. The molecule has 0 fully saturated rings. The van der Waals surface area contributed by atoms with E-state index >= 15 is 0 Å². The van der Waals surface area contributed by atoms with Crippen LogP contribution in [0.1, 0.15) is 38.1 Å². The van der Waals surface area contributed by atoms with Gasteiger partial charge < -0.3 is 15.2 Å². The van der Waals surface area contributed by atoms with Gasteiger partial charge in [0.1, 0.15) is 23.1 Å². The molecular formula is C16H21N3O2. The summed E-state index contributed by atoms with van der Waals surface area (Å²) in [6.07, 6.45) is 0. The van der Waals surface area contributed by atoms with E-state index in [1.807, 2.05) is 52.0 Å². The highest BCUT2D eigenvalue weighted by Crippen LogP contribution is 2.29. The van der Waals surface area contributed by atoms with Gasteiger partial charge in [0.2, 0.25) is 5.88 Å². The van der Waals surface area contributed by atoms with E-state index in [-0.39, 0.29) is 5.92 Å². The standard InChI is InChI=1S/C16H21N3O2/c1-5-20-12-7-6-8-13(9-12)21-16-11(4)14(17)18-15(19-16)10(2)3/h6-10H,5H2,1-4H3,(H2,17,18,19). The normalized spacial score (nSPS) is 10.7. The van der Waals surface area contributed by atoms with Crippen LogP contribution in [0.5, 0.6) is 17.4 Å². The maximum atomic E-state index is 5.93. The van der Waals surface area contributed by atoms with Gasteiger partial charge in [-0.2, -0.15) is 4.98 Å². The number of nitrogens with zero attached hydrogens (tertiary/aromatic N) is 2. The van der Waals surface area contributed by atoms with E-state index in [4.69, 9.17) is 15.2 Å². The lowest BCUT2D eigenvalue weighted by atomic mass is 10.2. The van der Waals surface area contributed by atoms with Gasteiger partial charge in [0, 0.05) is 12.0 Å². The number of benzene rings is 1. The average Bonchev–Trinajstić information content (AvgIpc) is 2.44. The second-order valence-electron chi connectivity index (χ2n) is 5.06. The molecule has 0 aliphatic carbocycles. The third-order valence-corrected chi connectivity index (χ3v) is 3.00. The molecule has 2 rings (SSSR count). The zero-order valence-corrected chi connectivity index (χ0v) is 12.9. The third-order valence-electron chi connectivity index (χ3n) is 3.00. The fraction of sp³-hybridized carbons (Fsp3) is 0.375. The van der Waals surface area contributed by atoms with Crippen molar-refractivity contribution in [2.24, 2.45) is 0 Å². The summed E-state index contributed by atoms with van der Waals surface area (Å²) in [5, 5.41) is 0. The van der Waals surface area contributed by atoms with E-state index in [2.05, 4.69) is 9.97 Å². The Morgan fingerprint density at radius 3 is 2.57 bits per heavy atom. The molecule has 0 bridgehead atoms. The first kappa shape index (κ1) is 15.1. The van der Waals surface area contributed by atoms with Gasteiger partial charge in [0.15, 0.2) is 0 Å². The molecule has 0 spiro atoms. The van der Waals surface area contributed by atoms with Crippen molar-refractivity contribution < 1.29 is 9.47 Å². The highest BCUT2D eigenvalue weighted by atomic mass is 16.5. The van der Waals surface area contributed by atoms with Gasteiger partial charge >= 0.3 is 0 Å². The van der Waals surface area contributed by atoms with Crippen molar-refractivity contribution in [1.82, 2.24) is 9.97 Å². The summed E-state index contributed by atoms with van der Waals surface area (Å²) in [7, 11) is 0. The minimum absolute atomic E-state index is 0.185. The van der Waals surface area contributed by atoms with Crippen molar-refractivity contribution in [3.63, 3.8) is 0 Å². The highest BCUT2D eigenvalue weighted by Gasteiger charge is 2.13. The monoisotopic (exact) mass is 287 g/mol. The molecule has 0 saturated heterocycles. The molecule has 0 radical (unpaired) electrons. The van der Waals surface area contributed by atoms with Crippen LogP contribution in [0.3, 0.4) is 0 Å². The lowest BCUT2D eigenvalue weighted by Crippen LogP contribution is -2.06. The average molecular weight is 287 g/mol. The number of hydrogen-bond acceptors (Lipinski definition) is 5. The van der Waals surface area contributed by atoms with Crippen LogP contribution < -0.4 is 15.2 Å². The number of nitrogen functional groups attached to an aromatic ring is 1. The molecule has 21 heavy (non-hydrogen) atoms. The molecule has 1 aromatic carbocycles. The van der Waals surface area contributed by atoms with Crippen molar-refractivity contribution in [3.05, 3.63) is 35.7 Å². The van der Waals surface area contributed by atoms with Gasteiger partial charge in [-0.15, -0.1) is 0 Å². The van der Waals surface area contributed by atoms with Crippen LogP contribution >= 0.6 is 0 Å². The summed E-state index contributed by atoms with van der Waals surface area (Å²) in [6.45, 7) is 8.44. The molecule has 2 N–H and O–H groups in total. The van der Waals surface area contributed by atoms with Crippen molar-refractivity contribution in [3.8, 4) is 17.4 Å². The van der Waals surface area contributed by atoms with Crippen LogP contribution in [-0.4, -0.2) is 16.6 Å². The number of aromatic nitrogens is 2. The van der Waals surface area contributed by atoms with E-state index in [0.29, 0.717) is 29.9 Å². The molecule has 5 nitrogen and oxygen atoms in total. The Morgan fingerprint density at radius 2 is 1.90 bits per heavy atom. The summed E-state index contributed by atoms with van der Waals surface area (Å²) >= 11 is 0. The number of anilines is 1. The molecule has 1 aromatic heterocycles. The van der Waals surface area contributed by atoms with Crippen LogP contribution in [0.25, 0.3) is 0 Å². The van der Waals surface area contributed by atoms with Crippen LogP contribution in [0.15, 0.2) is 24.3 Å². The first-order valence-electron chi connectivity index (χ1n) is 7.06. The van der Waals surface area contributed by atoms with E-state index in [0.717, 1.165) is 11.3 Å². The lowest BCUT2D eigenvalue weighted by Gasteiger charge is -2.13. The van der Waals surface area contributed by atoms with Crippen molar-refractivity contribution >= 4 is 5.82 Å². The molecule has 1 heterocycles. The number of nitrogens with two attached hydrogens (primary N) is 1. The Hall–Kier alpha value is -2.30. The van der Waals surface area contributed by atoms with Crippen LogP contribution in [0, 0.1) is 6.92 Å². The SMILES string of the molecule is CCOc1cccc(Oc2nc(C(C)C)nc(N)c2C)c1. The highest BCUT2D eigenvalue weighted by molar-refractivity contribution is 5.46. The Bertz CT molecular complexity index is 627. The molecule has 0 aliphatic rings. The Balaban J connectivity index is 2.32. The summed E-state index contributed by atoms with van der Waals surface area (Å²) in [6, 6.07) is 7.45. The Labute approximate surface area is 125 Å². The van der Waals surface area contributed by atoms with Crippen LogP contribution in [0.2, 0.25) is 0 Å². The van der Waals surface area contributed by atoms with Gasteiger partial charge in [-0.25, -0.2) is 4.98 Å². The zero-order chi connectivity index (χ0) is 15.4. The van der Waals surface area contributed by atoms with E-state index < -0.39 is 0 Å². The first-order chi connectivity index (χ1) is 10.0. The van der Waals surface area contributed by atoms with E-state index in [1.165, 1.54) is 0 Å². The molecule has 112 valence electrons. The van der Waals surface area contributed by atoms with Gasteiger partial charge in [0.25, 0.3) is 0 Å². The van der Waals surface area contributed by atoms with Crippen LogP contribution in [-0.2, 0) is 0 Å². The summed E-state index contributed by atoms with van der Waals surface area (Å²) in [4.78, 5) is 8.73. The van der Waals surface area contributed by atoms with Crippen molar-refractivity contribution in [2.75, 3.05) is 12.3 Å². The molecular weight excluding hydrogens is 266 g/mol. The fourth-order valence-corrected chi connectivity index (χ4v) is 1.79. The third kappa shape index (κ3) is 3.62. The zero-order valence-electron chi connectivity index (χ0n) is 12.9. The predicted octanol–water partition coefficient (Wildman–Crippen LogP) is 3.68. The van der Waals surface area contributed by atoms with Gasteiger partial charge in [-0.1, -0.05) is 19.9 Å². The Kier molecular flexibility index (Phi) is 4.62. The summed E-state index contributed by atoms with van der Waals surface area (Å²) < 4.78 is 11.3. The molecule has 0 atom stereocenters. The molecule has 5 heteroatoms. The maximum Gasteiger partial charge on any atom is 0.227 e. The van der Waals surface area contributed by atoms with E-state index in [1.54, 1.807) is 0 Å². The molecule has 2 aromatic rings. The topological polar surface area (TPSA) is 70.3 Å². The largest absolute Gasteiger partial charge is 0.494 e. The predicted molar refractivity (Wildman–Crippen MR) is 83.0 cm³/mol. The minimum Gasteiger partial charge on any atom is -0.494 e. The van der Waals surface area contributed by atoms with Crippen molar-refractivity contribution in [2.45, 2.75) is 33.6 Å². The number of rotatable bonds is 5. The quantitative estimate of drug-likeness (QED) is 0.908. The van der Waals surface area contributed by atoms with Crippen LogP contribution in [0.4, 0.5) is 5.82 Å². The van der Waals surface area contributed by atoms with E-state index in [9.17, 15) is 0 Å². The van der Waals surface area contributed by atoms with Gasteiger partial charge in [-0.3, -0.25) is 0 Å². The molecule has 0 aliphatic heterocycles. The summed E-state index contributed by atoms with van der Waals surface area (Å²) in [5.41, 5.74) is 6.67. The molecule has 0 saturated carbocycles. The second-order valence-corrected chi connectivity index (χ2v) is 5.06. The maximum absolute atomic E-state index is 5.93. The fourth-order valence-electron chi connectivity index (χ4n) is 1.79. The smallest absolute Gasteiger partial charge is 0.227 e. The second kappa shape index (κ2) is 6.43. The van der Waals surface area contributed by atoms with Crippen molar-refractivity contribution in [1.29, 1.82) is 0 Å². The molecule has 0 amide bonds. The Morgan fingerprint density at radius 1 is 1.19 bits per heavy atom. The van der Waals surface area contributed by atoms with Gasteiger partial charge in [-0.05, 0) is 26.0 Å². The first-order valence-corrected chi connectivity index (χ1v) is 7.06. The lowest BCUT2D eigenvalue weighted by molar-refractivity contribution is 0.337. The van der Waals surface area contributed by atoms with Gasteiger partial charge in [0.05, 0.1) is 12.2 Å². The number of ether oxygens (including phenoxy) is 2. The summed E-state index contributed by atoms with van der Waals surface area (Å²) in [5.74, 6) is 3.22. The molecule has 0 unspecified atom stereocenters. The minimum atomic E-state index is 0.185.